The highest BCUT2D eigenvalue weighted by Crippen LogP contribution is 2.24. The molecule has 1 heterocycles. The standard InChI is InChI=1S/C18H25NOS/c1-14-9-12-21-17(14)13-19-10-11-20-16-7-5-15(6-8-16)18(2,3)4/h5-9,12,19H,10-11,13H2,1-4H3. The summed E-state index contributed by atoms with van der Waals surface area (Å²) in [6.07, 6.45) is 0. The van der Waals surface area contributed by atoms with Crippen LogP contribution < -0.4 is 10.1 Å². The van der Waals surface area contributed by atoms with Crippen molar-refractivity contribution >= 4 is 11.3 Å². The average Bonchev–Trinajstić information content (AvgIpc) is 2.84. The van der Waals surface area contributed by atoms with Crippen LogP contribution in [-0.2, 0) is 12.0 Å². The van der Waals surface area contributed by atoms with E-state index in [1.165, 1.54) is 16.0 Å². The third-order valence-corrected chi connectivity index (χ3v) is 4.54. The molecule has 0 spiro atoms. The maximum Gasteiger partial charge on any atom is 0.119 e. The van der Waals surface area contributed by atoms with Crippen molar-refractivity contribution in [3.8, 4) is 5.75 Å². The molecule has 2 rings (SSSR count). The first-order chi connectivity index (χ1) is 9.97. The third kappa shape index (κ3) is 4.87. The van der Waals surface area contributed by atoms with Crippen molar-refractivity contribution in [2.75, 3.05) is 13.2 Å². The van der Waals surface area contributed by atoms with Crippen LogP contribution in [-0.4, -0.2) is 13.2 Å². The van der Waals surface area contributed by atoms with E-state index in [4.69, 9.17) is 4.74 Å². The van der Waals surface area contributed by atoms with Crippen molar-refractivity contribution in [1.82, 2.24) is 5.32 Å². The molecule has 0 amide bonds. The number of ether oxygens (including phenoxy) is 1. The van der Waals surface area contributed by atoms with Crippen molar-refractivity contribution in [3.05, 3.63) is 51.7 Å². The third-order valence-electron chi connectivity index (χ3n) is 3.52. The second-order valence-electron chi connectivity index (χ2n) is 6.33. The van der Waals surface area contributed by atoms with Crippen LogP contribution in [0.3, 0.4) is 0 Å². The highest BCUT2D eigenvalue weighted by molar-refractivity contribution is 7.10. The monoisotopic (exact) mass is 303 g/mol. The molecule has 0 aliphatic carbocycles. The first-order valence-electron chi connectivity index (χ1n) is 7.44. The lowest BCUT2D eigenvalue weighted by Crippen LogP contribution is -2.20. The van der Waals surface area contributed by atoms with Gasteiger partial charge in [0, 0.05) is 18.0 Å². The molecular formula is C18H25NOS. The number of benzene rings is 1. The first kappa shape index (κ1) is 16.1. The van der Waals surface area contributed by atoms with Crippen molar-refractivity contribution in [1.29, 1.82) is 0 Å². The van der Waals surface area contributed by atoms with Gasteiger partial charge in [-0.15, -0.1) is 11.3 Å². The predicted octanol–water partition coefficient (Wildman–Crippen LogP) is 4.52. The van der Waals surface area contributed by atoms with Gasteiger partial charge in [-0.1, -0.05) is 32.9 Å². The maximum absolute atomic E-state index is 5.76. The zero-order valence-corrected chi connectivity index (χ0v) is 14.2. The summed E-state index contributed by atoms with van der Waals surface area (Å²) in [5.74, 6) is 0.942. The Morgan fingerprint density at radius 3 is 2.38 bits per heavy atom. The molecule has 3 heteroatoms. The molecule has 0 bridgehead atoms. The van der Waals surface area contributed by atoms with Crippen molar-refractivity contribution < 1.29 is 4.74 Å². The molecule has 0 aliphatic rings. The lowest BCUT2D eigenvalue weighted by Gasteiger charge is -2.19. The fourth-order valence-electron chi connectivity index (χ4n) is 2.08. The molecule has 0 radical (unpaired) electrons. The van der Waals surface area contributed by atoms with Crippen LogP contribution in [0.15, 0.2) is 35.7 Å². The molecule has 21 heavy (non-hydrogen) atoms. The van der Waals surface area contributed by atoms with E-state index in [0.717, 1.165) is 18.8 Å². The van der Waals surface area contributed by atoms with Gasteiger partial charge in [0.1, 0.15) is 12.4 Å². The number of nitrogens with one attached hydrogen (secondary N) is 1. The molecule has 0 aliphatic heterocycles. The van der Waals surface area contributed by atoms with Crippen LogP contribution in [0.25, 0.3) is 0 Å². The van der Waals surface area contributed by atoms with Crippen LogP contribution in [0.5, 0.6) is 5.75 Å². The van der Waals surface area contributed by atoms with E-state index in [0.29, 0.717) is 6.61 Å². The maximum atomic E-state index is 5.76. The molecule has 1 aromatic carbocycles. The molecule has 2 nitrogen and oxygen atoms in total. The lowest BCUT2D eigenvalue weighted by atomic mass is 9.87. The molecule has 0 fully saturated rings. The van der Waals surface area contributed by atoms with E-state index in [1.54, 1.807) is 11.3 Å². The first-order valence-corrected chi connectivity index (χ1v) is 8.32. The Balaban J connectivity index is 1.70. The topological polar surface area (TPSA) is 21.3 Å². The Morgan fingerprint density at radius 1 is 1.10 bits per heavy atom. The second kappa shape index (κ2) is 7.10. The minimum absolute atomic E-state index is 0.193. The minimum Gasteiger partial charge on any atom is -0.492 e. The predicted molar refractivity (Wildman–Crippen MR) is 91.4 cm³/mol. The number of hydrogen-bond acceptors (Lipinski definition) is 3. The van der Waals surface area contributed by atoms with Gasteiger partial charge in [-0.3, -0.25) is 0 Å². The number of thiophene rings is 1. The van der Waals surface area contributed by atoms with Gasteiger partial charge in [0.05, 0.1) is 0 Å². The van der Waals surface area contributed by atoms with Gasteiger partial charge >= 0.3 is 0 Å². The summed E-state index contributed by atoms with van der Waals surface area (Å²) in [6, 6.07) is 10.6. The van der Waals surface area contributed by atoms with E-state index in [2.05, 4.69) is 68.7 Å². The van der Waals surface area contributed by atoms with Gasteiger partial charge in [0.2, 0.25) is 0 Å². The molecule has 2 aromatic rings. The largest absolute Gasteiger partial charge is 0.492 e. The molecule has 1 aromatic heterocycles. The fraction of sp³-hybridized carbons (Fsp3) is 0.444. The van der Waals surface area contributed by atoms with E-state index in [-0.39, 0.29) is 5.41 Å². The van der Waals surface area contributed by atoms with Crippen LogP contribution in [0.4, 0.5) is 0 Å². The van der Waals surface area contributed by atoms with Gasteiger partial charge in [-0.2, -0.15) is 0 Å². The summed E-state index contributed by atoms with van der Waals surface area (Å²) < 4.78 is 5.76. The summed E-state index contributed by atoms with van der Waals surface area (Å²) in [7, 11) is 0. The quantitative estimate of drug-likeness (QED) is 0.792. The van der Waals surface area contributed by atoms with E-state index < -0.39 is 0 Å². The van der Waals surface area contributed by atoms with Crippen LogP contribution >= 0.6 is 11.3 Å². The van der Waals surface area contributed by atoms with Crippen LogP contribution in [0.1, 0.15) is 36.8 Å². The molecule has 114 valence electrons. The molecular weight excluding hydrogens is 278 g/mol. The van der Waals surface area contributed by atoms with Crippen molar-refractivity contribution in [2.24, 2.45) is 0 Å². The molecule has 0 unspecified atom stereocenters. The molecule has 0 atom stereocenters. The van der Waals surface area contributed by atoms with Gasteiger partial charge in [-0.25, -0.2) is 0 Å². The van der Waals surface area contributed by atoms with Crippen LogP contribution in [0, 0.1) is 6.92 Å². The molecule has 0 saturated heterocycles. The molecule has 0 saturated carbocycles. The number of hydrogen-bond donors (Lipinski definition) is 1. The van der Waals surface area contributed by atoms with Gasteiger partial charge in [-0.05, 0) is 47.0 Å². The fourth-order valence-corrected chi connectivity index (χ4v) is 2.96. The zero-order valence-electron chi connectivity index (χ0n) is 13.4. The minimum atomic E-state index is 0.193. The van der Waals surface area contributed by atoms with E-state index in [9.17, 15) is 0 Å². The molecule has 1 N–H and O–H groups in total. The SMILES string of the molecule is Cc1ccsc1CNCCOc1ccc(C(C)(C)C)cc1. The van der Waals surface area contributed by atoms with Gasteiger partial charge in [0.15, 0.2) is 0 Å². The summed E-state index contributed by atoms with van der Waals surface area (Å²) in [4.78, 5) is 1.41. The van der Waals surface area contributed by atoms with E-state index >= 15 is 0 Å². The Bertz CT molecular complexity index is 551. The summed E-state index contributed by atoms with van der Waals surface area (Å²) >= 11 is 1.80. The highest BCUT2D eigenvalue weighted by atomic mass is 32.1. The lowest BCUT2D eigenvalue weighted by molar-refractivity contribution is 0.313. The zero-order chi connectivity index (χ0) is 15.3. The normalized spacial score (nSPS) is 11.6. The Hall–Kier alpha value is -1.32. The Labute approximate surface area is 132 Å². The van der Waals surface area contributed by atoms with Crippen molar-refractivity contribution in [3.63, 3.8) is 0 Å². The smallest absolute Gasteiger partial charge is 0.119 e. The highest BCUT2D eigenvalue weighted by Gasteiger charge is 2.12. The number of rotatable bonds is 6. The Kier molecular flexibility index (Phi) is 5.43. The van der Waals surface area contributed by atoms with Gasteiger partial charge in [0.25, 0.3) is 0 Å². The van der Waals surface area contributed by atoms with Gasteiger partial charge < -0.3 is 10.1 Å². The average molecular weight is 303 g/mol. The summed E-state index contributed by atoms with van der Waals surface area (Å²) in [6.45, 7) is 11.3. The van der Waals surface area contributed by atoms with Crippen molar-refractivity contribution in [2.45, 2.75) is 39.7 Å². The summed E-state index contributed by atoms with van der Waals surface area (Å²) in [5, 5.41) is 5.56. The second-order valence-corrected chi connectivity index (χ2v) is 7.33. The van der Waals surface area contributed by atoms with Crippen LogP contribution in [0.2, 0.25) is 0 Å². The van der Waals surface area contributed by atoms with E-state index in [1.807, 2.05) is 0 Å². The number of aryl methyl sites for hydroxylation is 1. The summed E-state index contributed by atoms with van der Waals surface area (Å²) in [5.41, 5.74) is 2.89. The Morgan fingerprint density at radius 2 is 1.81 bits per heavy atom.